The monoisotopic (exact) mass is 678 g/mol. The Bertz CT molecular complexity index is 1420. The van der Waals surface area contributed by atoms with Gasteiger partial charge >= 0.3 is 12.1 Å². The molecule has 0 bridgehead atoms. The van der Waals surface area contributed by atoms with E-state index in [9.17, 15) is 32.3 Å². The molecule has 0 aliphatic carbocycles. The number of fused-ring (bicyclic) bond motifs is 2. The first-order chi connectivity index (χ1) is 20.9. The summed E-state index contributed by atoms with van der Waals surface area (Å²) in [6.45, 7) is 5.92. The molecule has 14 heteroatoms. The van der Waals surface area contributed by atoms with Crippen LogP contribution in [-0.2, 0) is 19.8 Å². The van der Waals surface area contributed by atoms with Crippen molar-refractivity contribution in [3.63, 3.8) is 0 Å². The number of carboxylic acids is 1. The molecule has 5 atom stereocenters. The molecule has 45 heavy (non-hydrogen) atoms. The quantitative estimate of drug-likeness (QED) is 0.195. The molecule has 8 nitrogen and oxygen atoms in total. The van der Waals surface area contributed by atoms with Crippen LogP contribution in [-0.4, -0.2) is 64.0 Å². The molecule has 2 aromatic rings. The molecule has 0 saturated carbocycles. The topological polar surface area (TPSA) is 136 Å². The standard InChI is InChI=1S/C29H35Cl2FN2O4.C2HF3O2/c1-4-28(2,3)14-24-29(19-12-21(32)20(31)13-22(19)33-27(29)38)25(16-7-5-8-17(30)11-16)26(34-24)23(37)10-6-9-18(36)15-35;3-2(4,5)1(6)7/h5,7-8,11-13,18,24-26,34-36H,4,6,9-10,14-15H2,1-3H3,(H,33,38);(H,6,7)/t18-,24+,25-,26-,29-;/m0./s1. The predicted octanol–water partition coefficient (Wildman–Crippen LogP) is 6.00. The fourth-order valence-corrected chi connectivity index (χ4v) is 6.39. The number of nitrogens with one attached hydrogen (secondary N) is 2. The zero-order valence-corrected chi connectivity index (χ0v) is 26.4. The zero-order chi connectivity index (χ0) is 33.9. The van der Waals surface area contributed by atoms with Gasteiger partial charge in [0.25, 0.3) is 0 Å². The fraction of sp³-hybridized carbons (Fsp3) is 0.516. The van der Waals surface area contributed by atoms with E-state index in [0.29, 0.717) is 34.7 Å². The first-order valence-electron chi connectivity index (χ1n) is 14.3. The molecule has 2 aliphatic heterocycles. The van der Waals surface area contributed by atoms with Gasteiger partial charge in [0.2, 0.25) is 5.91 Å². The number of aliphatic hydroxyl groups is 2. The largest absolute Gasteiger partial charge is 0.490 e. The molecule has 2 aliphatic rings. The molecule has 248 valence electrons. The zero-order valence-electron chi connectivity index (χ0n) is 24.9. The summed E-state index contributed by atoms with van der Waals surface area (Å²) in [6.07, 6.45) is -3.77. The first kappa shape index (κ1) is 36.7. The minimum absolute atomic E-state index is 0.0909. The van der Waals surface area contributed by atoms with E-state index in [0.717, 1.165) is 6.42 Å². The van der Waals surface area contributed by atoms with Crippen LogP contribution in [0.3, 0.4) is 0 Å². The van der Waals surface area contributed by atoms with Crippen LogP contribution in [0.1, 0.15) is 69.9 Å². The van der Waals surface area contributed by atoms with Gasteiger partial charge in [-0.2, -0.15) is 13.2 Å². The Morgan fingerprint density at radius 2 is 1.78 bits per heavy atom. The molecule has 2 aromatic carbocycles. The van der Waals surface area contributed by atoms with Gasteiger partial charge in [-0.25, -0.2) is 9.18 Å². The fourth-order valence-electron chi connectivity index (χ4n) is 6.03. The van der Waals surface area contributed by atoms with Crippen molar-refractivity contribution >= 4 is 46.5 Å². The smallest absolute Gasteiger partial charge is 0.475 e. The number of carboxylic acid groups (broad SMARTS) is 1. The normalized spacial score (nSPS) is 23.3. The molecular weight excluding hydrogens is 643 g/mol. The number of alkyl halides is 3. The number of amides is 1. The highest BCUT2D eigenvalue weighted by molar-refractivity contribution is 6.31. The predicted molar refractivity (Wildman–Crippen MR) is 161 cm³/mol. The van der Waals surface area contributed by atoms with Gasteiger partial charge in [-0.1, -0.05) is 62.5 Å². The molecule has 1 spiro atoms. The Kier molecular flexibility index (Phi) is 11.7. The van der Waals surface area contributed by atoms with Gasteiger partial charge in [0.1, 0.15) is 17.0 Å². The second-order valence-corrected chi connectivity index (χ2v) is 12.9. The number of carbonyl (C=O) groups is 3. The number of benzene rings is 2. The summed E-state index contributed by atoms with van der Waals surface area (Å²) in [5.41, 5.74) is 0.149. The van der Waals surface area contributed by atoms with E-state index in [1.54, 1.807) is 18.2 Å². The summed E-state index contributed by atoms with van der Waals surface area (Å²) in [5.74, 6) is -4.49. The summed E-state index contributed by atoms with van der Waals surface area (Å²) < 4.78 is 46.7. The van der Waals surface area contributed by atoms with Crippen LogP contribution >= 0.6 is 23.2 Å². The van der Waals surface area contributed by atoms with Crippen LogP contribution in [0, 0.1) is 11.2 Å². The molecular formula is C31H36Cl2F4N2O6. The van der Waals surface area contributed by atoms with Crippen molar-refractivity contribution in [2.24, 2.45) is 5.41 Å². The van der Waals surface area contributed by atoms with Gasteiger partial charge in [-0.05, 0) is 60.1 Å². The van der Waals surface area contributed by atoms with Gasteiger partial charge in [-0.3, -0.25) is 9.59 Å². The molecule has 1 saturated heterocycles. The van der Waals surface area contributed by atoms with Crippen molar-refractivity contribution in [3.8, 4) is 0 Å². The highest BCUT2D eigenvalue weighted by Gasteiger charge is 2.65. The highest BCUT2D eigenvalue weighted by atomic mass is 35.5. The lowest BCUT2D eigenvalue weighted by Gasteiger charge is -2.38. The van der Waals surface area contributed by atoms with Crippen molar-refractivity contribution in [1.82, 2.24) is 5.32 Å². The van der Waals surface area contributed by atoms with Crippen molar-refractivity contribution in [2.75, 3.05) is 11.9 Å². The van der Waals surface area contributed by atoms with Crippen molar-refractivity contribution in [1.29, 1.82) is 0 Å². The number of Topliss-reactive ketones (excluding diaryl/α,β-unsaturated/α-hetero) is 1. The Balaban J connectivity index is 0.000000707. The number of hydrogen-bond acceptors (Lipinski definition) is 6. The van der Waals surface area contributed by atoms with Gasteiger partial charge in [0.15, 0.2) is 0 Å². The van der Waals surface area contributed by atoms with Crippen LogP contribution in [0.15, 0.2) is 36.4 Å². The van der Waals surface area contributed by atoms with Crippen LogP contribution in [0.5, 0.6) is 0 Å². The number of ketones is 1. The molecule has 1 fully saturated rings. The number of hydrogen-bond donors (Lipinski definition) is 5. The minimum atomic E-state index is -5.08. The van der Waals surface area contributed by atoms with Gasteiger partial charge in [0.05, 0.1) is 23.8 Å². The van der Waals surface area contributed by atoms with Crippen LogP contribution < -0.4 is 10.6 Å². The van der Waals surface area contributed by atoms with Crippen LogP contribution in [0.25, 0.3) is 0 Å². The van der Waals surface area contributed by atoms with E-state index in [1.165, 1.54) is 12.1 Å². The van der Waals surface area contributed by atoms with Crippen molar-refractivity contribution in [2.45, 2.75) is 88.6 Å². The third kappa shape index (κ3) is 7.97. The SMILES string of the molecule is CCC(C)(C)C[C@H]1N[C@@H](C(=O)CCC[C@H](O)CO)[C@H](c2cccc(Cl)c2)[C@@]12C(=O)Nc1cc(Cl)c(F)cc12.O=C(O)C(F)(F)F. The van der Waals surface area contributed by atoms with E-state index < -0.39 is 47.5 Å². The molecule has 4 rings (SSSR count). The summed E-state index contributed by atoms with van der Waals surface area (Å²) in [4.78, 5) is 36.8. The second-order valence-electron chi connectivity index (χ2n) is 12.1. The number of halogens is 6. The van der Waals surface area contributed by atoms with Crippen molar-refractivity contribution in [3.05, 3.63) is 63.4 Å². The average Bonchev–Trinajstić information content (AvgIpc) is 3.43. The third-order valence-electron chi connectivity index (χ3n) is 8.57. The lowest BCUT2D eigenvalue weighted by Crippen LogP contribution is -2.49. The molecule has 5 N–H and O–H groups in total. The molecule has 0 unspecified atom stereocenters. The summed E-state index contributed by atoms with van der Waals surface area (Å²) >= 11 is 12.5. The van der Waals surface area contributed by atoms with Crippen LogP contribution in [0.4, 0.5) is 23.2 Å². The number of carbonyl (C=O) groups excluding carboxylic acids is 2. The van der Waals surface area contributed by atoms with E-state index in [4.69, 9.17) is 38.2 Å². The maximum atomic E-state index is 15.0. The average molecular weight is 680 g/mol. The Morgan fingerprint density at radius 3 is 2.33 bits per heavy atom. The lowest BCUT2D eigenvalue weighted by atomic mass is 9.62. The van der Waals surface area contributed by atoms with E-state index >= 15 is 0 Å². The Hall–Kier alpha value is -2.77. The maximum Gasteiger partial charge on any atom is 0.490 e. The molecule has 0 aromatic heterocycles. The summed E-state index contributed by atoms with van der Waals surface area (Å²) in [7, 11) is 0. The summed E-state index contributed by atoms with van der Waals surface area (Å²) in [5, 5.41) is 32.9. The molecule has 1 amide bonds. The number of rotatable bonds is 10. The second kappa shape index (κ2) is 14.3. The Labute approximate surface area is 268 Å². The van der Waals surface area contributed by atoms with E-state index in [2.05, 4.69) is 31.4 Å². The third-order valence-corrected chi connectivity index (χ3v) is 9.09. The summed E-state index contributed by atoms with van der Waals surface area (Å²) in [6, 6.07) is 8.63. The van der Waals surface area contributed by atoms with E-state index in [-0.39, 0.29) is 41.6 Å². The molecule has 2 heterocycles. The Morgan fingerprint density at radius 1 is 1.13 bits per heavy atom. The van der Waals surface area contributed by atoms with E-state index in [1.807, 2.05) is 6.07 Å². The van der Waals surface area contributed by atoms with Gasteiger partial charge in [0, 0.05) is 29.1 Å². The minimum Gasteiger partial charge on any atom is -0.475 e. The maximum absolute atomic E-state index is 15.0. The van der Waals surface area contributed by atoms with Gasteiger partial charge < -0.3 is 26.0 Å². The lowest BCUT2D eigenvalue weighted by molar-refractivity contribution is -0.192. The van der Waals surface area contributed by atoms with Crippen molar-refractivity contribution < 1.29 is 47.3 Å². The van der Waals surface area contributed by atoms with Crippen LogP contribution in [0.2, 0.25) is 10.0 Å². The highest BCUT2D eigenvalue weighted by Crippen LogP contribution is 2.57. The number of aliphatic carboxylic acids is 1. The first-order valence-corrected chi connectivity index (χ1v) is 15.1. The number of anilines is 1. The molecule has 0 radical (unpaired) electrons. The number of aliphatic hydroxyl groups excluding tert-OH is 2. The van der Waals surface area contributed by atoms with Gasteiger partial charge in [-0.15, -0.1) is 0 Å².